The second-order valence-electron chi connectivity index (χ2n) is 6.65. The van der Waals surface area contributed by atoms with Crippen molar-refractivity contribution in [2.45, 2.75) is 25.2 Å². The summed E-state index contributed by atoms with van der Waals surface area (Å²) >= 11 is 0. The minimum atomic E-state index is -0.107. The van der Waals surface area contributed by atoms with Crippen LogP contribution in [0.3, 0.4) is 0 Å². The summed E-state index contributed by atoms with van der Waals surface area (Å²) in [6.45, 7) is 2.78. The van der Waals surface area contributed by atoms with Crippen LogP contribution in [0.25, 0.3) is 10.9 Å². The number of likely N-dealkylation sites (tertiary alicyclic amines) is 1. The first-order valence-electron chi connectivity index (χ1n) is 8.57. The van der Waals surface area contributed by atoms with Crippen LogP contribution in [-0.2, 0) is 9.53 Å². The van der Waals surface area contributed by atoms with Crippen molar-refractivity contribution in [1.29, 1.82) is 0 Å². The fourth-order valence-corrected chi connectivity index (χ4v) is 3.74. The molecule has 6 heteroatoms. The molecule has 0 spiro atoms. The lowest BCUT2D eigenvalue weighted by Gasteiger charge is -2.26. The number of hydrogen-bond acceptors (Lipinski definition) is 4. The summed E-state index contributed by atoms with van der Waals surface area (Å²) in [5.74, 6) is 0.504. The first-order valence-corrected chi connectivity index (χ1v) is 8.57. The Morgan fingerprint density at radius 3 is 2.96 bits per heavy atom. The maximum absolute atomic E-state index is 12.6. The lowest BCUT2D eigenvalue weighted by atomic mass is 9.98. The minimum absolute atomic E-state index is 0.0924. The summed E-state index contributed by atoms with van der Waals surface area (Å²) in [6.07, 6.45) is 4.21. The summed E-state index contributed by atoms with van der Waals surface area (Å²) in [4.78, 5) is 34.1. The Kier molecular flexibility index (Phi) is 4.06. The zero-order valence-electron chi connectivity index (χ0n) is 13.5. The SMILES string of the molecule is O=C(C1CCOCC1)N1CC[C@@H](c2cc3ncccc3c(=O)[nH]2)C1. The van der Waals surface area contributed by atoms with E-state index in [-0.39, 0.29) is 23.3 Å². The highest BCUT2D eigenvalue weighted by Crippen LogP contribution is 2.29. The molecule has 4 heterocycles. The second kappa shape index (κ2) is 6.36. The average Bonchev–Trinajstić information content (AvgIpc) is 3.12. The molecule has 24 heavy (non-hydrogen) atoms. The van der Waals surface area contributed by atoms with Crippen molar-refractivity contribution in [2.24, 2.45) is 5.92 Å². The van der Waals surface area contributed by atoms with Gasteiger partial charge in [-0.25, -0.2) is 0 Å². The standard InChI is InChI=1S/C18H21N3O3/c22-17-14-2-1-6-19-16(14)10-15(20-17)13-3-7-21(11-13)18(23)12-4-8-24-9-5-12/h1-2,6,10,12-13H,3-5,7-9,11H2,(H,20,22)/t13-/m1/s1. The maximum atomic E-state index is 12.6. The van der Waals surface area contributed by atoms with Gasteiger partial charge in [0.15, 0.2) is 0 Å². The van der Waals surface area contributed by atoms with Crippen LogP contribution < -0.4 is 5.56 Å². The summed E-state index contributed by atoms with van der Waals surface area (Å²) < 4.78 is 5.34. The predicted molar refractivity (Wildman–Crippen MR) is 89.8 cm³/mol. The predicted octanol–water partition coefficient (Wildman–Crippen LogP) is 1.67. The molecule has 4 rings (SSSR count). The molecule has 2 aromatic rings. The molecular formula is C18H21N3O3. The third-order valence-corrected chi connectivity index (χ3v) is 5.14. The minimum Gasteiger partial charge on any atom is -0.381 e. The van der Waals surface area contributed by atoms with Crippen LogP contribution in [0, 0.1) is 5.92 Å². The van der Waals surface area contributed by atoms with E-state index >= 15 is 0 Å². The molecule has 126 valence electrons. The van der Waals surface area contributed by atoms with Crippen LogP contribution in [0.15, 0.2) is 29.2 Å². The molecule has 2 aliphatic heterocycles. The van der Waals surface area contributed by atoms with Gasteiger partial charge in [-0.2, -0.15) is 0 Å². The fraction of sp³-hybridized carbons (Fsp3) is 0.500. The molecule has 1 amide bonds. The van der Waals surface area contributed by atoms with Crippen molar-refractivity contribution in [2.75, 3.05) is 26.3 Å². The van der Waals surface area contributed by atoms with Crippen molar-refractivity contribution in [1.82, 2.24) is 14.9 Å². The van der Waals surface area contributed by atoms with Gasteiger partial charge in [-0.1, -0.05) is 0 Å². The number of amides is 1. The number of nitrogens with one attached hydrogen (secondary N) is 1. The molecule has 2 aliphatic rings. The van der Waals surface area contributed by atoms with Crippen molar-refractivity contribution >= 4 is 16.8 Å². The van der Waals surface area contributed by atoms with Gasteiger partial charge in [-0.15, -0.1) is 0 Å². The Hall–Kier alpha value is -2.21. The van der Waals surface area contributed by atoms with Gasteiger partial charge >= 0.3 is 0 Å². The number of fused-ring (bicyclic) bond motifs is 1. The number of pyridine rings is 2. The van der Waals surface area contributed by atoms with Gasteiger partial charge in [-0.05, 0) is 37.5 Å². The molecule has 0 radical (unpaired) electrons. The number of aromatic amines is 1. The molecule has 0 aliphatic carbocycles. The fourth-order valence-electron chi connectivity index (χ4n) is 3.74. The number of H-pyrrole nitrogens is 1. The number of rotatable bonds is 2. The smallest absolute Gasteiger partial charge is 0.257 e. The quantitative estimate of drug-likeness (QED) is 0.910. The molecule has 2 aromatic heterocycles. The monoisotopic (exact) mass is 327 g/mol. The van der Waals surface area contributed by atoms with Crippen molar-refractivity contribution < 1.29 is 9.53 Å². The van der Waals surface area contributed by atoms with Crippen LogP contribution in [0.1, 0.15) is 30.9 Å². The van der Waals surface area contributed by atoms with Crippen molar-refractivity contribution in [3.63, 3.8) is 0 Å². The van der Waals surface area contributed by atoms with E-state index in [1.165, 1.54) is 0 Å². The van der Waals surface area contributed by atoms with Gasteiger partial charge in [0.1, 0.15) is 0 Å². The number of nitrogens with zero attached hydrogens (tertiary/aromatic N) is 2. The van der Waals surface area contributed by atoms with Gasteiger partial charge in [0.2, 0.25) is 5.91 Å². The Morgan fingerprint density at radius 2 is 2.12 bits per heavy atom. The molecule has 0 aromatic carbocycles. The number of carbonyl (C=O) groups excluding carboxylic acids is 1. The summed E-state index contributed by atoms with van der Waals surface area (Å²) in [7, 11) is 0. The zero-order chi connectivity index (χ0) is 16.5. The number of hydrogen-bond donors (Lipinski definition) is 1. The van der Waals surface area contributed by atoms with E-state index in [0.29, 0.717) is 30.7 Å². The topological polar surface area (TPSA) is 75.3 Å². The highest BCUT2D eigenvalue weighted by atomic mass is 16.5. The van der Waals surface area contributed by atoms with E-state index in [0.717, 1.165) is 31.5 Å². The molecule has 6 nitrogen and oxygen atoms in total. The average molecular weight is 327 g/mol. The van der Waals surface area contributed by atoms with Crippen molar-refractivity contribution in [3.8, 4) is 0 Å². The lowest BCUT2D eigenvalue weighted by Crippen LogP contribution is -2.37. The molecule has 1 atom stereocenters. The highest BCUT2D eigenvalue weighted by Gasteiger charge is 2.32. The number of carbonyl (C=O) groups is 1. The molecule has 0 bridgehead atoms. The molecular weight excluding hydrogens is 306 g/mol. The van der Waals surface area contributed by atoms with Gasteiger partial charge < -0.3 is 14.6 Å². The molecule has 1 N–H and O–H groups in total. The highest BCUT2D eigenvalue weighted by molar-refractivity contribution is 5.80. The first-order chi connectivity index (χ1) is 11.7. The number of aromatic nitrogens is 2. The van der Waals surface area contributed by atoms with E-state index in [1.54, 1.807) is 18.3 Å². The third-order valence-electron chi connectivity index (χ3n) is 5.14. The van der Waals surface area contributed by atoms with Crippen LogP contribution >= 0.6 is 0 Å². The van der Waals surface area contributed by atoms with E-state index in [4.69, 9.17) is 4.74 Å². The summed E-state index contributed by atoms with van der Waals surface area (Å²) in [5.41, 5.74) is 1.49. The van der Waals surface area contributed by atoms with Crippen LogP contribution in [-0.4, -0.2) is 47.1 Å². The van der Waals surface area contributed by atoms with Crippen LogP contribution in [0.4, 0.5) is 0 Å². The van der Waals surface area contributed by atoms with E-state index in [2.05, 4.69) is 9.97 Å². The van der Waals surface area contributed by atoms with E-state index in [1.807, 2.05) is 11.0 Å². The largest absolute Gasteiger partial charge is 0.381 e. The van der Waals surface area contributed by atoms with Gasteiger partial charge in [0.25, 0.3) is 5.56 Å². The second-order valence-corrected chi connectivity index (χ2v) is 6.65. The van der Waals surface area contributed by atoms with Crippen molar-refractivity contribution in [3.05, 3.63) is 40.4 Å². The zero-order valence-corrected chi connectivity index (χ0v) is 13.5. The van der Waals surface area contributed by atoms with E-state index in [9.17, 15) is 9.59 Å². The van der Waals surface area contributed by atoms with Crippen LogP contribution in [0.5, 0.6) is 0 Å². The van der Waals surface area contributed by atoms with Gasteiger partial charge in [-0.3, -0.25) is 14.6 Å². The molecule has 0 unspecified atom stereocenters. The number of ether oxygens (including phenoxy) is 1. The van der Waals surface area contributed by atoms with Gasteiger partial charge in [0, 0.05) is 50.0 Å². The molecule has 2 saturated heterocycles. The maximum Gasteiger partial charge on any atom is 0.257 e. The Bertz CT molecular complexity index is 811. The van der Waals surface area contributed by atoms with Gasteiger partial charge in [0.05, 0.1) is 10.9 Å². The Morgan fingerprint density at radius 1 is 1.29 bits per heavy atom. The molecule has 2 fully saturated rings. The Balaban J connectivity index is 1.52. The molecule has 0 saturated carbocycles. The van der Waals surface area contributed by atoms with E-state index < -0.39 is 0 Å². The normalized spacial score (nSPS) is 22.2. The summed E-state index contributed by atoms with van der Waals surface area (Å²) in [5, 5.41) is 0.606. The first kappa shape index (κ1) is 15.3. The summed E-state index contributed by atoms with van der Waals surface area (Å²) in [6, 6.07) is 5.49. The van der Waals surface area contributed by atoms with Crippen LogP contribution in [0.2, 0.25) is 0 Å². The lowest BCUT2D eigenvalue weighted by molar-refractivity contribution is -0.137. The third kappa shape index (κ3) is 2.82. The Labute approximate surface area is 139 Å².